The molecule has 3 rings (SSSR count). The van der Waals surface area contributed by atoms with Gasteiger partial charge in [0.1, 0.15) is 11.5 Å². The Hall–Kier alpha value is -2.38. The fourth-order valence-corrected chi connectivity index (χ4v) is 3.31. The van der Waals surface area contributed by atoms with Crippen LogP contribution in [0.5, 0.6) is 0 Å². The monoisotopic (exact) mass is 397 g/mol. The van der Waals surface area contributed by atoms with E-state index in [-0.39, 0.29) is 22.2 Å². The van der Waals surface area contributed by atoms with E-state index in [1.807, 2.05) is 4.90 Å². The summed E-state index contributed by atoms with van der Waals surface area (Å²) in [6.07, 6.45) is 0. The Morgan fingerprint density at radius 1 is 1.08 bits per heavy atom. The molecular formula is C17H14Cl2FN3O3. The first-order valence-electron chi connectivity index (χ1n) is 7.80. The molecule has 0 spiro atoms. The van der Waals surface area contributed by atoms with Gasteiger partial charge in [-0.25, -0.2) is 4.39 Å². The van der Waals surface area contributed by atoms with Crippen molar-refractivity contribution >= 4 is 40.5 Å². The lowest BCUT2D eigenvalue weighted by Crippen LogP contribution is -2.49. The molecule has 0 unspecified atom stereocenters. The molecule has 0 atom stereocenters. The number of benzene rings is 2. The Kier molecular flexibility index (Phi) is 5.29. The molecule has 0 aromatic heterocycles. The van der Waals surface area contributed by atoms with Crippen LogP contribution in [0, 0.1) is 15.9 Å². The lowest BCUT2D eigenvalue weighted by atomic mass is 10.1. The average Bonchev–Trinajstić information content (AvgIpc) is 2.61. The van der Waals surface area contributed by atoms with Crippen LogP contribution in [0.4, 0.5) is 15.8 Å². The van der Waals surface area contributed by atoms with Gasteiger partial charge in [-0.05, 0) is 30.3 Å². The van der Waals surface area contributed by atoms with Crippen molar-refractivity contribution in [3.05, 3.63) is 67.9 Å². The molecule has 26 heavy (non-hydrogen) atoms. The van der Waals surface area contributed by atoms with Gasteiger partial charge in [-0.1, -0.05) is 23.2 Å². The van der Waals surface area contributed by atoms with Crippen LogP contribution >= 0.6 is 23.2 Å². The highest BCUT2D eigenvalue weighted by molar-refractivity contribution is 6.33. The third-order valence-electron chi connectivity index (χ3n) is 4.20. The highest BCUT2D eigenvalue weighted by atomic mass is 35.5. The molecule has 0 bridgehead atoms. The van der Waals surface area contributed by atoms with Gasteiger partial charge >= 0.3 is 0 Å². The van der Waals surface area contributed by atoms with Crippen molar-refractivity contribution in [1.29, 1.82) is 0 Å². The minimum Gasteiger partial charge on any atom is -0.362 e. The first-order chi connectivity index (χ1) is 12.4. The number of hydrogen-bond acceptors (Lipinski definition) is 4. The van der Waals surface area contributed by atoms with Gasteiger partial charge in [0.05, 0.1) is 15.5 Å². The van der Waals surface area contributed by atoms with Crippen LogP contribution in [-0.4, -0.2) is 41.9 Å². The molecule has 1 heterocycles. The average molecular weight is 398 g/mol. The Bertz CT molecular complexity index is 870. The molecular weight excluding hydrogens is 384 g/mol. The quantitative estimate of drug-likeness (QED) is 0.579. The van der Waals surface area contributed by atoms with Crippen LogP contribution in [0.15, 0.2) is 36.4 Å². The number of carbonyl (C=O) groups is 1. The highest BCUT2D eigenvalue weighted by Crippen LogP contribution is 2.32. The molecule has 136 valence electrons. The van der Waals surface area contributed by atoms with Crippen molar-refractivity contribution in [3.8, 4) is 0 Å². The second kappa shape index (κ2) is 7.47. The summed E-state index contributed by atoms with van der Waals surface area (Å²) in [5, 5.41) is 11.6. The summed E-state index contributed by atoms with van der Waals surface area (Å²) in [5.74, 6) is -0.799. The van der Waals surface area contributed by atoms with Gasteiger partial charge in [-0.15, -0.1) is 0 Å². The summed E-state index contributed by atoms with van der Waals surface area (Å²) in [6.45, 7) is 1.58. The summed E-state index contributed by atoms with van der Waals surface area (Å²) in [5.41, 5.74) is 0.629. The maximum absolute atomic E-state index is 13.1. The molecule has 1 saturated heterocycles. The SMILES string of the molecule is O=C(c1ccc(F)cc1Cl)N1CCN(c2ccc(Cl)cc2[N+](=O)[O-])CC1. The van der Waals surface area contributed by atoms with E-state index in [1.165, 1.54) is 18.2 Å². The largest absolute Gasteiger partial charge is 0.362 e. The van der Waals surface area contributed by atoms with Crippen LogP contribution in [-0.2, 0) is 0 Å². The first-order valence-corrected chi connectivity index (χ1v) is 8.55. The summed E-state index contributed by atoms with van der Waals surface area (Å²) in [6, 6.07) is 8.16. The van der Waals surface area contributed by atoms with E-state index in [2.05, 4.69) is 0 Å². The Morgan fingerprint density at radius 3 is 2.38 bits per heavy atom. The van der Waals surface area contributed by atoms with Crippen LogP contribution < -0.4 is 4.90 Å². The molecule has 1 aliphatic rings. The minimum absolute atomic E-state index is 0.0609. The lowest BCUT2D eigenvalue weighted by Gasteiger charge is -2.36. The summed E-state index contributed by atoms with van der Waals surface area (Å²) in [7, 11) is 0. The van der Waals surface area contributed by atoms with Crippen LogP contribution in [0.25, 0.3) is 0 Å². The second-order valence-corrected chi connectivity index (χ2v) is 6.64. The van der Waals surface area contributed by atoms with E-state index in [4.69, 9.17) is 23.2 Å². The molecule has 2 aromatic carbocycles. The zero-order valence-electron chi connectivity index (χ0n) is 13.5. The summed E-state index contributed by atoms with van der Waals surface area (Å²) in [4.78, 5) is 26.8. The molecule has 0 saturated carbocycles. The maximum atomic E-state index is 13.1. The number of amides is 1. The maximum Gasteiger partial charge on any atom is 0.294 e. The van der Waals surface area contributed by atoms with Crippen molar-refractivity contribution in [2.24, 2.45) is 0 Å². The number of rotatable bonds is 3. The van der Waals surface area contributed by atoms with Gasteiger partial charge in [0.25, 0.3) is 11.6 Å². The van der Waals surface area contributed by atoms with Gasteiger partial charge < -0.3 is 9.80 Å². The van der Waals surface area contributed by atoms with Crippen molar-refractivity contribution in [2.45, 2.75) is 0 Å². The Balaban J connectivity index is 1.73. The predicted octanol–water partition coefficient (Wildman–Crippen LogP) is 4.00. The minimum atomic E-state index is -0.508. The van der Waals surface area contributed by atoms with Crippen molar-refractivity contribution in [3.63, 3.8) is 0 Å². The number of nitro groups is 1. The van der Waals surface area contributed by atoms with Crippen LogP contribution in [0.2, 0.25) is 10.0 Å². The third kappa shape index (κ3) is 3.73. The Morgan fingerprint density at radius 2 is 1.77 bits per heavy atom. The number of nitrogens with zero attached hydrogens (tertiary/aromatic N) is 3. The summed E-state index contributed by atoms with van der Waals surface area (Å²) < 4.78 is 13.1. The number of nitro benzene ring substituents is 1. The predicted molar refractivity (Wildman–Crippen MR) is 97.6 cm³/mol. The van der Waals surface area contributed by atoms with Crippen molar-refractivity contribution in [2.75, 3.05) is 31.1 Å². The smallest absolute Gasteiger partial charge is 0.294 e. The van der Waals surface area contributed by atoms with Gasteiger partial charge in [0.15, 0.2) is 0 Å². The highest BCUT2D eigenvalue weighted by Gasteiger charge is 2.27. The molecule has 1 fully saturated rings. The first kappa shape index (κ1) is 18.4. The van der Waals surface area contributed by atoms with Crippen LogP contribution in [0.1, 0.15) is 10.4 Å². The van der Waals surface area contributed by atoms with Gasteiger partial charge in [0, 0.05) is 37.3 Å². The van der Waals surface area contributed by atoms with E-state index in [9.17, 15) is 19.3 Å². The Labute approximate surface area is 158 Å². The van der Waals surface area contributed by atoms with Crippen molar-refractivity contribution < 1.29 is 14.1 Å². The van der Waals surface area contributed by atoms with E-state index < -0.39 is 10.7 Å². The summed E-state index contributed by atoms with van der Waals surface area (Å²) >= 11 is 11.8. The molecule has 6 nitrogen and oxygen atoms in total. The number of anilines is 1. The molecule has 2 aromatic rings. The topological polar surface area (TPSA) is 66.7 Å². The van der Waals surface area contributed by atoms with Gasteiger partial charge in [-0.3, -0.25) is 14.9 Å². The number of halogens is 3. The van der Waals surface area contributed by atoms with Gasteiger partial charge in [0.2, 0.25) is 0 Å². The molecule has 0 aliphatic carbocycles. The standard InChI is InChI=1S/C17H14Cl2FN3O3/c18-11-1-4-15(16(9-11)23(25)26)21-5-7-22(8-6-21)17(24)13-3-2-12(20)10-14(13)19/h1-4,9-10H,5-8H2. The molecule has 1 aliphatic heterocycles. The normalized spacial score (nSPS) is 14.4. The molecule has 1 amide bonds. The zero-order valence-corrected chi connectivity index (χ0v) is 15.0. The van der Waals surface area contributed by atoms with Crippen LogP contribution in [0.3, 0.4) is 0 Å². The second-order valence-electron chi connectivity index (χ2n) is 5.79. The molecule has 0 N–H and O–H groups in total. The number of piperazine rings is 1. The fourth-order valence-electron chi connectivity index (χ4n) is 2.89. The number of carbonyl (C=O) groups excluding carboxylic acids is 1. The lowest BCUT2D eigenvalue weighted by molar-refractivity contribution is -0.384. The zero-order chi connectivity index (χ0) is 18.8. The fraction of sp³-hybridized carbons (Fsp3) is 0.235. The van der Waals surface area contributed by atoms with E-state index >= 15 is 0 Å². The third-order valence-corrected chi connectivity index (χ3v) is 4.75. The number of hydrogen-bond donors (Lipinski definition) is 0. The van der Waals surface area contributed by atoms with E-state index in [0.717, 1.165) is 6.07 Å². The van der Waals surface area contributed by atoms with E-state index in [0.29, 0.717) is 36.9 Å². The molecule has 9 heteroatoms. The molecule has 0 radical (unpaired) electrons. The van der Waals surface area contributed by atoms with E-state index in [1.54, 1.807) is 17.0 Å². The van der Waals surface area contributed by atoms with Crippen molar-refractivity contribution in [1.82, 2.24) is 4.90 Å². The van der Waals surface area contributed by atoms with Gasteiger partial charge in [-0.2, -0.15) is 0 Å².